The second-order valence-corrected chi connectivity index (χ2v) is 7.54. The van der Waals surface area contributed by atoms with Gasteiger partial charge in [-0.25, -0.2) is 0 Å². The van der Waals surface area contributed by atoms with Gasteiger partial charge >= 0.3 is 0 Å². The molecule has 0 bridgehead atoms. The van der Waals surface area contributed by atoms with E-state index >= 15 is 0 Å². The Labute approximate surface area is 147 Å². The number of carbonyl (C=O) groups is 3. The van der Waals surface area contributed by atoms with Gasteiger partial charge in [0.05, 0.1) is 11.1 Å². The zero-order valence-corrected chi connectivity index (χ0v) is 15.0. The fourth-order valence-corrected chi connectivity index (χ4v) is 3.52. The number of nitrogens with zero attached hydrogens (tertiary/aromatic N) is 1. The SMILES string of the molecule is CC[C@H]1C(=O)NCCCN1C(=O)c1coc2c1C(=O)NCC(C)(C)C2. The summed E-state index contributed by atoms with van der Waals surface area (Å²) >= 11 is 0. The summed E-state index contributed by atoms with van der Waals surface area (Å²) in [6.45, 7) is 7.51. The molecule has 2 aliphatic rings. The standard InChI is InChI=1S/C18H25N3O4/c1-4-12-15(22)19-6-5-7-21(12)17(24)11-9-25-13-8-18(2,3)10-20-16(23)14(11)13/h9,12H,4-8,10H2,1-3H3,(H,19,22)(H,20,23)/t12-/m0/s1. The van der Waals surface area contributed by atoms with Crippen LogP contribution in [-0.2, 0) is 11.2 Å². The van der Waals surface area contributed by atoms with Crippen LogP contribution in [-0.4, -0.2) is 48.3 Å². The van der Waals surface area contributed by atoms with Crippen molar-refractivity contribution in [1.82, 2.24) is 15.5 Å². The van der Waals surface area contributed by atoms with Gasteiger partial charge in [-0.15, -0.1) is 0 Å². The summed E-state index contributed by atoms with van der Waals surface area (Å²) in [6, 6.07) is -0.522. The molecule has 0 aromatic carbocycles. The molecule has 2 aliphatic heterocycles. The van der Waals surface area contributed by atoms with Crippen molar-refractivity contribution in [2.75, 3.05) is 19.6 Å². The summed E-state index contributed by atoms with van der Waals surface area (Å²) in [7, 11) is 0. The van der Waals surface area contributed by atoms with Gasteiger partial charge in [0, 0.05) is 26.1 Å². The summed E-state index contributed by atoms with van der Waals surface area (Å²) < 4.78 is 5.60. The first-order valence-corrected chi connectivity index (χ1v) is 8.81. The van der Waals surface area contributed by atoms with Crippen LogP contribution >= 0.6 is 0 Å². The molecular formula is C18H25N3O4. The molecule has 0 unspecified atom stereocenters. The van der Waals surface area contributed by atoms with Gasteiger partial charge in [0.25, 0.3) is 11.8 Å². The van der Waals surface area contributed by atoms with Gasteiger partial charge in [0.1, 0.15) is 18.1 Å². The first-order valence-electron chi connectivity index (χ1n) is 8.81. The van der Waals surface area contributed by atoms with Gasteiger partial charge in [0.2, 0.25) is 5.91 Å². The normalized spacial score (nSPS) is 23.2. The Morgan fingerprint density at radius 3 is 2.84 bits per heavy atom. The fraction of sp³-hybridized carbons (Fsp3) is 0.611. The molecule has 25 heavy (non-hydrogen) atoms. The lowest BCUT2D eigenvalue weighted by atomic mass is 9.88. The molecular weight excluding hydrogens is 322 g/mol. The van der Waals surface area contributed by atoms with E-state index in [4.69, 9.17) is 4.42 Å². The van der Waals surface area contributed by atoms with Crippen LogP contribution in [0.1, 0.15) is 60.1 Å². The third kappa shape index (κ3) is 3.27. The van der Waals surface area contributed by atoms with Crippen LogP contribution in [0.5, 0.6) is 0 Å². The predicted molar refractivity (Wildman–Crippen MR) is 91.3 cm³/mol. The Bertz CT molecular complexity index is 707. The topological polar surface area (TPSA) is 91.7 Å². The van der Waals surface area contributed by atoms with Crippen molar-refractivity contribution < 1.29 is 18.8 Å². The highest BCUT2D eigenvalue weighted by atomic mass is 16.3. The number of hydrogen-bond donors (Lipinski definition) is 2. The quantitative estimate of drug-likeness (QED) is 0.844. The predicted octanol–water partition coefficient (Wildman–Crippen LogP) is 1.33. The van der Waals surface area contributed by atoms with Crippen molar-refractivity contribution >= 4 is 17.7 Å². The zero-order valence-electron chi connectivity index (χ0n) is 15.0. The van der Waals surface area contributed by atoms with E-state index in [0.717, 1.165) is 0 Å². The maximum atomic E-state index is 13.1. The van der Waals surface area contributed by atoms with E-state index in [2.05, 4.69) is 10.6 Å². The molecule has 3 amide bonds. The van der Waals surface area contributed by atoms with Crippen molar-refractivity contribution in [3.63, 3.8) is 0 Å². The van der Waals surface area contributed by atoms with Gasteiger partial charge in [-0.05, 0) is 18.3 Å². The molecule has 1 aromatic heterocycles. The summed E-state index contributed by atoms with van der Waals surface area (Å²) in [6.07, 6.45) is 3.15. The van der Waals surface area contributed by atoms with Crippen molar-refractivity contribution in [3.8, 4) is 0 Å². The second kappa shape index (κ2) is 6.54. The fourth-order valence-electron chi connectivity index (χ4n) is 3.52. The molecule has 136 valence electrons. The Morgan fingerprint density at radius 1 is 1.36 bits per heavy atom. The average molecular weight is 347 g/mol. The largest absolute Gasteiger partial charge is 0.468 e. The molecule has 3 heterocycles. The third-order valence-corrected chi connectivity index (χ3v) is 4.89. The Hall–Kier alpha value is -2.31. The van der Waals surface area contributed by atoms with Crippen molar-refractivity contribution in [2.24, 2.45) is 5.41 Å². The number of carbonyl (C=O) groups excluding carboxylic acids is 3. The van der Waals surface area contributed by atoms with E-state index in [1.54, 1.807) is 4.90 Å². The lowest BCUT2D eigenvalue weighted by Crippen LogP contribution is -2.47. The van der Waals surface area contributed by atoms with Gasteiger partial charge in [-0.1, -0.05) is 20.8 Å². The van der Waals surface area contributed by atoms with Crippen molar-refractivity contribution in [2.45, 2.75) is 46.1 Å². The minimum Gasteiger partial charge on any atom is -0.468 e. The number of hydrogen-bond acceptors (Lipinski definition) is 4. The third-order valence-electron chi connectivity index (χ3n) is 4.89. The Morgan fingerprint density at radius 2 is 2.12 bits per heavy atom. The monoisotopic (exact) mass is 347 g/mol. The molecule has 2 N–H and O–H groups in total. The van der Waals surface area contributed by atoms with Crippen LogP contribution in [0, 0.1) is 5.41 Å². The maximum Gasteiger partial charge on any atom is 0.258 e. The summed E-state index contributed by atoms with van der Waals surface area (Å²) in [5.41, 5.74) is 0.418. The Kier molecular flexibility index (Phi) is 4.58. The van der Waals surface area contributed by atoms with Gasteiger partial charge in [0.15, 0.2) is 0 Å². The number of amides is 3. The molecule has 0 spiro atoms. The second-order valence-electron chi connectivity index (χ2n) is 7.54. The summed E-state index contributed by atoms with van der Waals surface area (Å²) in [4.78, 5) is 39.4. The first kappa shape index (κ1) is 17.5. The van der Waals surface area contributed by atoms with Crippen molar-refractivity contribution in [3.05, 3.63) is 23.2 Å². The van der Waals surface area contributed by atoms with Gasteiger partial charge in [-0.2, -0.15) is 0 Å². The number of furan rings is 1. The highest BCUT2D eigenvalue weighted by Crippen LogP contribution is 2.30. The van der Waals surface area contributed by atoms with Crippen LogP contribution in [0.2, 0.25) is 0 Å². The molecule has 7 nitrogen and oxygen atoms in total. The Balaban J connectivity index is 1.97. The molecule has 7 heteroatoms. The van der Waals surface area contributed by atoms with Crippen LogP contribution in [0.3, 0.4) is 0 Å². The molecule has 1 fully saturated rings. The molecule has 1 atom stereocenters. The number of fused-ring (bicyclic) bond motifs is 1. The molecule has 0 aliphatic carbocycles. The minimum absolute atomic E-state index is 0.145. The maximum absolute atomic E-state index is 13.1. The van der Waals surface area contributed by atoms with Gasteiger partial charge in [-0.3, -0.25) is 14.4 Å². The van der Waals surface area contributed by atoms with Crippen LogP contribution in [0.15, 0.2) is 10.7 Å². The van der Waals surface area contributed by atoms with Crippen LogP contribution in [0.25, 0.3) is 0 Å². The van der Waals surface area contributed by atoms with Crippen LogP contribution in [0.4, 0.5) is 0 Å². The lowest BCUT2D eigenvalue weighted by Gasteiger charge is -2.27. The highest BCUT2D eigenvalue weighted by Gasteiger charge is 2.37. The van der Waals surface area contributed by atoms with Gasteiger partial charge < -0.3 is 20.0 Å². The van der Waals surface area contributed by atoms with E-state index in [1.807, 2.05) is 20.8 Å². The van der Waals surface area contributed by atoms with Crippen molar-refractivity contribution in [1.29, 1.82) is 0 Å². The molecule has 3 rings (SSSR count). The van der Waals surface area contributed by atoms with E-state index < -0.39 is 6.04 Å². The first-order chi connectivity index (χ1) is 11.8. The van der Waals surface area contributed by atoms with Crippen LogP contribution < -0.4 is 10.6 Å². The lowest BCUT2D eigenvalue weighted by molar-refractivity contribution is -0.124. The van der Waals surface area contributed by atoms with E-state index in [-0.39, 0.29) is 28.7 Å². The minimum atomic E-state index is -0.522. The highest BCUT2D eigenvalue weighted by molar-refractivity contribution is 6.09. The van der Waals surface area contributed by atoms with E-state index in [9.17, 15) is 14.4 Å². The molecule has 1 aromatic rings. The van der Waals surface area contributed by atoms with E-state index in [0.29, 0.717) is 50.2 Å². The average Bonchev–Trinajstić information content (AvgIpc) is 2.81. The smallest absolute Gasteiger partial charge is 0.258 e. The zero-order chi connectivity index (χ0) is 18.2. The summed E-state index contributed by atoms with van der Waals surface area (Å²) in [5, 5.41) is 5.70. The molecule has 0 saturated carbocycles. The number of nitrogens with one attached hydrogen (secondary N) is 2. The number of rotatable bonds is 2. The summed E-state index contributed by atoms with van der Waals surface area (Å²) in [5.74, 6) is -0.210. The molecule has 0 radical (unpaired) electrons. The van der Waals surface area contributed by atoms with E-state index in [1.165, 1.54) is 6.26 Å². The molecule has 1 saturated heterocycles.